The molecule has 0 aliphatic rings. The normalized spacial score (nSPS) is 11.7. The first kappa shape index (κ1) is 22.3. The summed E-state index contributed by atoms with van der Waals surface area (Å²) in [6.07, 6.45) is 1.72. The van der Waals surface area contributed by atoms with E-state index in [1.165, 1.54) is 16.4 Å². The fraction of sp³-hybridized carbons (Fsp3) is 0.125. The largest absolute Gasteiger partial charge is 0.464 e. The van der Waals surface area contributed by atoms with Crippen LogP contribution in [0.4, 0.5) is 5.69 Å². The Balaban J connectivity index is 1.42. The maximum absolute atomic E-state index is 12.9. The van der Waals surface area contributed by atoms with Gasteiger partial charge >= 0.3 is 0 Å². The standard InChI is InChI=1S/C24H21BrN2O4S/c1-27(15-17-5-3-2-4-6-17)32(29,30)21-10-8-20(9-11-21)26-24(28)13-18-16-31-23-12-7-19(25)14-22(18)23/h2-12,14,16H,13,15H2,1H3,(H,26,28). The molecule has 1 amide bonds. The van der Waals surface area contributed by atoms with Crippen molar-refractivity contribution >= 4 is 48.5 Å². The third-order valence-electron chi connectivity index (χ3n) is 5.06. The minimum atomic E-state index is -3.65. The van der Waals surface area contributed by atoms with E-state index in [2.05, 4.69) is 21.2 Å². The Kier molecular flexibility index (Phi) is 6.45. The Morgan fingerprint density at radius 2 is 1.75 bits per heavy atom. The molecule has 0 saturated carbocycles. The summed E-state index contributed by atoms with van der Waals surface area (Å²) in [4.78, 5) is 12.7. The van der Waals surface area contributed by atoms with Gasteiger partial charge in [0.05, 0.1) is 17.6 Å². The fourth-order valence-electron chi connectivity index (χ4n) is 3.38. The molecule has 1 N–H and O–H groups in total. The van der Waals surface area contributed by atoms with Crippen LogP contribution in [-0.4, -0.2) is 25.7 Å². The number of rotatable bonds is 7. The van der Waals surface area contributed by atoms with E-state index in [4.69, 9.17) is 4.42 Å². The van der Waals surface area contributed by atoms with Crippen LogP contribution in [0, 0.1) is 0 Å². The van der Waals surface area contributed by atoms with Crippen LogP contribution in [0.3, 0.4) is 0 Å². The van der Waals surface area contributed by atoms with Crippen molar-refractivity contribution in [2.24, 2.45) is 0 Å². The number of fused-ring (bicyclic) bond motifs is 1. The first-order valence-corrected chi connectivity index (χ1v) is 12.1. The van der Waals surface area contributed by atoms with Crippen LogP contribution in [0.2, 0.25) is 0 Å². The molecular formula is C24H21BrN2O4S. The van der Waals surface area contributed by atoms with Gasteiger partial charge in [-0.1, -0.05) is 46.3 Å². The van der Waals surface area contributed by atoms with Gasteiger partial charge in [-0.15, -0.1) is 0 Å². The van der Waals surface area contributed by atoms with Crippen LogP contribution < -0.4 is 5.32 Å². The van der Waals surface area contributed by atoms with Gasteiger partial charge in [-0.2, -0.15) is 4.31 Å². The Morgan fingerprint density at radius 1 is 1.03 bits per heavy atom. The van der Waals surface area contributed by atoms with Crippen molar-refractivity contribution in [3.8, 4) is 0 Å². The SMILES string of the molecule is CN(Cc1ccccc1)S(=O)(=O)c1ccc(NC(=O)Cc2coc3ccc(Br)cc23)cc1. The summed E-state index contributed by atoms with van der Waals surface area (Å²) in [7, 11) is -2.10. The van der Waals surface area contributed by atoms with E-state index < -0.39 is 10.0 Å². The lowest BCUT2D eigenvalue weighted by molar-refractivity contribution is -0.115. The summed E-state index contributed by atoms with van der Waals surface area (Å²) in [6, 6.07) is 21.2. The minimum Gasteiger partial charge on any atom is -0.464 e. The highest BCUT2D eigenvalue weighted by atomic mass is 79.9. The van der Waals surface area contributed by atoms with Gasteiger partial charge in [-0.25, -0.2) is 8.42 Å². The molecule has 0 saturated heterocycles. The molecule has 0 radical (unpaired) electrons. The average Bonchev–Trinajstić information content (AvgIpc) is 3.16. The Morgan fingerprint density at radius 3 is 2.47 bits per heavy atom. The number of benzene rings is 3. The molecule has 1 heterocycles. The molecule has 4 rings (SSSR count). The number of sulfonamides is 1. The van der Waals surface area contributed by atoms with E-state index in [1.54, 1.807) is 25.4 Å². The molecule has 4 aromatic rings. The average molecular weight is 513 g/mol. The van der Waals surface area contributed by atoms with Crippen LogP contribution in [-0.2, 0) is 27.8 Å². The quantitative estimate of drug-likeness (QED) is 0.369. The first-order chi connectivity index (χ1) is 15.3. The molecule has 32 heavy (non-hydrogen) atoms. The molecule has 3 aromatic carbocycles. The highest BCUT2D eigenvalue weighted by Crippen LogP contribution is 2.26. The van der Waals surface area contributed by atoms with Crippen LogP contribution in [0.25, 0.3) is 11.0 Å². The second-order valence-electron chi connectivity index (χ2n) is 7.40. The molecular weight excluding hydrogens is 492 g/mol. The lowest BCUT2D eigenvalue weighted by Crippen LogP contribution is -2.26. The third-order valence-corrected chi connectivity index (χ3v) is 7.37. The lowest BCUT2D eigenvalue weighted by Gasteiger charge is -2.17. The van der Waals surface area contributed by atoms with Gasteiger partial charge in [0, 0.05) is 34.7 Å². The molecule has 0 aliphatic carbocycles. The van der Waals surface area contributed by atoms with Crippen LogP contribution >= 0.6 is 15.9 Å². The number of carbonyl (C=O) groups excluding carboxylic acids is 1. The second kappa shape index (κ2) is 9.28. The number of nitrogens with zero attached hydrogens (tertiary/aromatic N) is 1. The van der Waals surface area contributed by atoms with Crippen molar-refractivity contribution in [3.05, 3.63) is 94.7 Å². The number of furan rings is 1. The zero-order valence-electron chi connectivity index (χ0n) is 17.3. The number of hydrogen-bond donors (Lipinski definition) is 1. The minimum absolute atomic E-state index is 0.142. The van der Waals surface area contributed by atoms with Gasteiger partial charge in [0.2, 0.25) is 15.9 Å². The number of anilines is 1. The van der Waals surface area contributed by atoms with Crippen LogP contribution in [0.1, 0.15) is 11.1 Å². The first-order valence-electron chi connectivity index (χ1n) is 9.89. The number of nitrogens with one attached hydrogen (secondary N) is 1. The highest BCUT2D eigenvalue weighted by Gasteiger charge is 2.21. The topological polar surface area (TPSA) is 79.6 Å². The molecule has 0 bridgehead atoms. The van der Waals surface area contributed by atoms with E-state index in [-0.39, 0.29) is 23.8 Å². The summed E-state index contributed by atoms with van der Waals surface area (Å²) in [5.41, 5.74) is 2.92. The maximum atomic E-state index is 12.9. The predicted molar refractivity (Wildman–Crippen MR) is 128 cm³/mol. The molecule has 0 fully saturated rings. The van der Waals surface area contributed by atoms with Gasteiger partial charge in [0.15, 0.2) is 0 Å². The molecule has 0 aliphatic heterocycles. The van der Waals surface area contributed by atoms with Crippen LogP contribution in [0.15, 0.2) is 92.8 Å². The third kappa shape index (κ3) is 4.93. The van der Waals surface area contributed by atoms with E-state index in [0.29, 0.717) is 11.3 Å². The highest BCUT2D eigenvalue weighted by molar-refractivity contribution is 9.10. The van der Waals surface area contributed by atoms with Crippen molar-refractivity contribution < 1.29 is 17.6 Å². The summed E-state index contributed by atoms with van der Waals surface area (Å²) in [5.74, 6) is -0.218. The van der Waals surface area contributed by atoms with E-state index in [1.807, 2.05) is 48.5 Å². The summed E-state index contributed by atoms with van der Waals surface area (Å²) in [6.45, 7) is 0.274. The molecule has 164 valence electrons. The number of halogens is 1. The van der Waals surface area contributed by atoms with Gasteiger partial charge < -0.3 is 9.73 Å². The number of amides is 1. The summed E-state index contributed by atoms with van der Waals surface area (Å²) < 4.78 is 33.4. The van der Waals surface area contributed by atoms with Crippen molar-refractivity contribution in [2.45, 2.75) is 17.9 Å². The molecule has 1 aromatic heterocycles. The Labute approximate surface area is 195 Å². The van der Waals surface area contributed by atoms with E-state index >= 15 is 0 Å². The van der Waals surface area contributed by atoms with Crippen molar-refractivity contribution in [2.75, 3.05) is 12.4 Å². The Hall–Kier alpha value is -2.94. The summed E-state index contributed by atoms with van der Waals surface area (Å²) >= 11 is 3.43. The zero-order chi connectivity index (χ0) is 22.7. The van der Waals surface area contributed by atoms with E-state index in [0.717, 1.165) is 21.0 Å². The molecule has 0 atom stereocenters. The Bertz CT molecular complexity index is 1350. The van der Waals surface area contributed by atoms with Crippen molar-refractivity contribution in [1.82, 2.24) is 4.31 Å². The second-order valence-corrected chi connectivity index (χ2v) is 10.4. The fourth-order valence-corrected chi connectivity index (χ4v) is 4.90. The maximum Gasteiger partial charge on any atom is 0.243 e. The van der Waals surface area contributed by atoms with Gasteiger partial charge in [-0.05, 0) is 48.0 Å². The number of carbonyl (C=O) groups is 1. The molecule has 8 heteroatoms. The summed E-state index contributed by atoms with van der Waals surface area (Å²) in [5, 5.41) is 3.68. The molecule has 0 spiro atoms. The molecule has 6 nitrogen and oxygen atoms in total. The van der Waals surface area contributed by atoms with Gasteiger partial charge in [0.25, 0.3) is 0 Å². The molecule has 0 unspecified atom stereocenters. The van der Waals surface area contributed by atoms with Crippen molar-refractivity contribution in [1.29, 1.82) is 0 Å². The van der Waals surface area contributed by atoms with Crippen LogP contribution in [0.5, 0.6) is 0 Å². The lowest BCUT2D eigenvalue weighted by atomic mass is 10.1. The number of hydrogen-bond acceptors (Lipinski definition) is 4. The van der Waals surface area contributed by atoms with Crippen molar-refractivity contribution in [3.63, 3.8) is 0 Å². The smallest absolute Gasteiger partial charge is 0.243 e. The predicted octanol–water partition coefficient (Wildman–Crippen LogP) is 5.20. The van der Waals surface area contributed by atoms with Gasteiger partial charge in [-0.3, -0.25) is 4.79 Å². The van der Waals surface area contributed by atoms with E-state index in [9.17, 15) is 13.2 Å². The van der Waals surface area contributed by atoms with Gasteiger partial charge in [0.1, 0.15) is 5.58 Å². The monoisotopic (exact) mass is 512 g/mol. The zero-order valence-corrected chi connectivity index (χ0v) is 19.7.